The van der Waals surface area contributed by atoms with E-state index in [1.807, 2.05) is 13.0 Å². The van der Waals surface area contributed by atoms with Crippen LogP contribution in [0.1, 0.15) is 37.1 Å². The van der Waals surface area contributed by atoms with E-state index in [-0.39, 0.29) is 5.78 Å². The predicted molar refractivity (Wildman–Crippen MR) is 65.8 cm³/mol. The Labute approximate surface area is 103 Å². The highest BCUT2D eigenvalue weighted by atomic mass is 32.1. The van der Waals surface area contributed by atoms with Gasteiger partial charge in [-0.1, -0.05) is 0 Å². The molecule has 2 heterocycles. The highest BCUT2D eigenvalue weighted by Crippen LogP contribution is 2.22. The van der Waals surface area contributed by atoms with Gasteiger partial charge in [0.25, 0.3) is 0 Å². The topological polar surface area (TPSA) is 47.3 Å². The molecule has 0 unspecified atom stereocenters. The van der Waals surface area contributed by atoms with Crippen LogP contribution in [0.25, 0.3) is 0 Å². The van der Waals surface area contributed by atoms with Crippen LogP contribution in [0.2, 0.25) is 0 Å². The van der Waals surface area contributed by atoms with Crippen LogP contribution in [0.3, 0.4) is 0 Å². The van der Waals surface area contributed by atoms with Gasteiger partial charge in [0, 0.05) is 23.3 Å². The van der Waals surface area contributed by atoms with Crippen LogP contribution < -0.4 is 0 Å². The van der Waals surface area contributed by atoms with E-state index in [0.717, 1.165) is 16.9 Å². The third-order valence-electron chi connectivity index (χ3n) is 2.54. The van der Waals surface area contributed by atoms with Crippen LogP contribution in [0.15, 0.2) is 28.9 Å². The third-order valence-corrected chi connectivity index (χ3v) is 3.64. The van der Waals surface area contributed by atoms with Crippen molar-refractivity contribution in [2.45, 2.75) is 19.8 Å². The molecule has 0 atom stereocenters. The van der Waals surface area contributed by atoms with E-state index < -0.39 is 0 Å². The summed E-state index contributed by atoms with van der Waals surface area (Å²) in [7, 11) is 0. The average molecular weight is 248 g/mol. The van der Waals surface area contributed by atoms with Crippen molar-refractivity contribution in [2.75, 3.05) is 0 Å². The molecule has 0 radical (unpaired) electrons. The molecule has 4 heteroatoms. The van der Waals surface area contributed by atoms with E-state index in [2.05, 4.69) is 0 Å². The average Bonchev–Trinajstić information content (AvgIpc) is 2.94. The number of furan rings is 1. The van der Waals surface area contributed by atoms with Gasteiger partial charge in [0.2, 0.25) is 0 Å². The van der Waals surface area contributed by atoms with Crippen molar-refractivity contribution in [3.8, 4) is 0 Å². The van der Waals surface area contributed by atoms with Gasteiger partial charge < -0.3 is 4.42 Å². The van der Waals surface area contributed by atoms with Crippen molar-refractivity contribution in [1.82, 2.24) is 0 Å². The Morgan fingerprint density at radius 2 is 2.35 bits per heavy atom. The second-order valence-electron chi connectivity index (χ2n) is 3.74. The summed E-state index contributed by atoms with van der Waals surface area (Å²) < 4.78 is 5.16. The molecule has 0 saturated heterocycles. The first kappa shape index (κ1) is 11.8. The molecule has 0 spiro atoms. The number of carbonyl (C=O) groups excluding carboxylic acids is 2. The molecule has 0 bridgehead atoms. The first-order valence-corrected chi connectivity index (χ1v) is 6.13. The molecule has 2 rings (SSSR count). The zero-order valence-electron chi connectivity index (χ0n) is 9.43. The maximum atomic E-state index is 11.9. The minimum Gasteiger partial charge on any atom is -0.469 e. The minimum absolute atomic E-state index is 0.0580. The summed E-state index contributed by atoms with van der Waals surface area (Å²) >= 11 is 1.37. The summed E-state index contributed by atoms with van der Waals surface area (Å²) in [5.74, 6) is 0.866. The lowest BCUT2D eigenvalue weighted by atomic mass is 10.1. The normalized spacial score (nSPS) is 10.4. The molecule has 0 saturated carbocycles. The summed E-state index contributed by atoms with van der Waals surface area (Å²) in [4.78, 5) is 24.1. The van der Waals surface area contributed by atoms with Gasteiger partial charge in [0.1, 0.15) is 5.76 Å². The molecule has 88 valence electrons. The number of ketones is 1. The molecule has 2 aromatic heterocycles. The van der Waals surface area contributed by atoms with Crippen molar-refractivity contribution >= 4 is 23.4 Å². The molecule has 0 aliphatic heterocycles. The van der Waals surface area contributed by atoms with Crippen LogP contribution in [-0.4, -0.2) is 12.1 Å². The summed E-state index contributed by atoms with van der Waals surface area (Å²) in [5, 5.41) is 0. The Bertz CT molecular complexity index is 523. The van der Waals surface area contributed by atoms with Gasteiger partial charge in [-0.05, 0) is 25.1 Å². The van der Waals surface area contributed by atoms with Gasteiger partial charge in [-0.25, -0.2) is 0 Å². The van der Waals surface area contributed by atoms with Gasteiger partial charge in [0.05, 0.1) is 11.1 Å². The van der Waals surface area contributed by atoms with Crippen LogP contribution in [0.4, 0.5) is 0 Å². The number of rotatable bonds is 5. The molecule has 0 fully saturated rings. The first-order chi connectivity index (χ1) is 8.20. The van der Waals surface area contributed by atoms with Gasteiger partial charge >= 0.3 is 0 Å². The molecule has 3 nitrogen and oxygen atoms in total. The fourth-order valence-corrected chi connectivity index (χ4v) is 2.52. The SMILES string of the molecule is Cc1sc(C(=O)CCc2ccco2)cc1C=O. The Kier molecular flexibility index (Phi) is 3.54. The second-order valence-corrected chi connectivity index (χ2v) is 5.00. The maximum Gasteiger partial charge on any atom is 0.173 e. The molecule has 2 aromatic rings. The van der Waals surface area contributed by atoms with Crippen LogP contribution in [0.5, 0.6) is 0 Å². The molecular weight excluding hydrogens is 236 g/mol. The van der Waals surface area contributed by atoms with E-state index in [1.165, 1.54) is 11.3 Å². The largest absolute Gasteiger partial charge is 0.469 e. The van der Waals surface area contributed by atoms with E-state index >= 15 is 0 Å². The monoisotopic (exact) mass is 248 g/mol. The number of aldehydes is 1. The smallest absolute Gasteiger partial charge is 0.173 e. The number of aryl methyl sites for hydroxylation is 2. The minimum atomic E-state index is 0.0580. The zero-order valence-corrected chi connectivity index (χ0v) is 10.3. The first-order valence-electron chi connectivity index (χ1n) is 5.32. The van der Waals surface area contributed by atoms with Crippen LogP contribution in [-0.2, 0) is 6.42 Å². The Morgan fingerprint density at radius 1 is 1.53 bits per heavy atom. The van der Waals surface area contributed by atoms with Crippen molar-refractivity contribution in [3.63, 3.8) is 0 Å². The molecule has 0 amide bonds. The van der Waals surface area contributed by atoms with E-state index in [4.69, 9.17) is 4.42 Å². The lowest BCUT2D eigenvalue weighted by Crippen LogP contribution is -1.97. The molecular formula is C13H12O3S. The van der Waals surface area contributed by atoms with E-state index in [9.17, 15) is 9.59 Å². The number of Topliss-reactive ketones (excluding diaryl/α,β-unsaturated/α-hetero) is 1. The Hall–Kier alpha value is -1.68. The number of hydrogen-bond donors (Lipinski definition) is 0. The van der Waals surface area contributed by atoms with Crippen molar-refractivity contribution in [1.29, 1.82) is 0 Å². The highest BCUT2D eigenvalue weighted by molar-refractivity contribution is 7.14. The standard InChI is InChI=1S/C13H12O3S/c1-9-10(8-14)7-13(17-9)12(15)5-4-11-3-2-6-16-11/h2-3,6-8H,4-5H2,1H3. The van der Waals surface area contributed by atoms with Crippen molar-refractivity contribution < 1.29 is 14.0 Å². The molecule has 17 heavy (non-hydrogen) atoms. The fraction of sp³-hybridized carbons (Fsp3) is 0.231. The van der Waals surface area contributed by atoms with Crippen molar-refractivity contribution in [2.24, 2.45) is 0 Å². The summed E-state index contributed by atoms with van der Waals surface area (Å²) in [6, 6.07) is 5.32. The Morgan fingerprint density at radius 3 is 2.94 bits per heavy atom. The number of thiophene rings is 1. The second kappa shape index (κ2) is 5.10. The van der Waals surface area contributed by atoms with Gasteiger partial charge in [-0.3, -0.25) is 9.59 Å². The highest BCUT2D eigenvalue weighted by Gasteiger charge is 2.12. The summed E-state index contributed by atoms with van der Waals surface area (Å²) in [5.41, 5.74) is 0.608. The third kappa shape index (κ3) is 2.71. The lowest BCUT2D eigenvalue weighted by molar-refractivity contribution is 0.0984. The van der Waals surface area contributed by atoms with E-state index in [1.54, 1.807) is 18.4 Å². The fourth-order valence-electron chi connectivity index (χ4n) is 1.57. The zero-order chi connectivity index (χ0) is 12.3. The van der Waals surface area contributed by atoms with Gasteiger partial charge in [0.15, 0.2) is 12.1 Å². The number of hydrogen-bond acceptors (Lipinski definition) is 4. The van der Waals surface area contributed by atoms with Crippen molar-refractivity contribution in [3.05, 3.63) is 45.5 Å². The van der Waals surface area contributed by atoms with Gasteiger partial charge in [-0.2, -0.15) is 0 Å². The summed E-state index contributed by atoms with van der Waals surface area (Å²) in [6.07, 6.45) is 3.39. The maximum absolute atomic E-state index is 11.9. The molecule has 0 N–H and O–H groups in total. The van der Waals surface area contributed by atoms with Gasteiger partial charge in [-0.15, -0.1) is 11.3 Å². The molecule has 0 aliphatic carbocycles. The van der Waals surface area contributed by atoms with Crippen LogP contribution >= 0.6 is 11.3 Å². The van der Waals surface area contributed by atoms with E-state index in [0.29, 0.717) is 23.3 Å². The quantitative estimate of drug-likeness (QED) is 0.602. The molecule has 0 aliphatic rings. The predicted octanol–water partition coefficient (Wildman–Crippen LogP) is 3.28. The lowest BCUT2D eigenvalue weighted by Gasteiger charge is -1.95. The van der Waals surface area contributed by atoms with Crippen LogP contribution in [0, 0.1) is 6.92 Å². The Balaban J connectivity index is 2.02. The molecule has 0 aromatic carbocycles. The number of carbonyl (C=O) groups is 2. The summed E-state index contributed by atoms with van der Waals surface area (Å²) in [6.45, 7) is 1.84.